The molecule has 0 radical (unpaired) electrons. The molecule has 5 heteroatoms. The van der Waals surface area contributed by atoms with Gasteiger partial charge in [-0.15, -0.1) is 0 Å². The van der Waals surface area contributed by atoms with Gasteiger partial charge in [0.05, 0.1) is 5.92 Å². The van der Waals surface area contributed by atoms with Crippen LogP contribution in [0.1, 0.15) is 44.9 Å². The first kappa shape index (κ1) is 13.5. The summed E-state index contributed by atoms with van der Waals surface area (Å²) >= 11 is 0. The molecule has 2 heterocycles. The number of carbonyl (C=O) groups is 2. The summed E-state index contributed by atoms with van der Waals surface area (Å²) in [7, 11) is 0. The number of fused-ring (bicyclic) bond motifs is 2. The minimum atomic E-state index is -0.848. The molecule has 3 aliphatic rings. The summed E-state index contributed by atoms with van der Waals surface area (Å²) in [5, 5.41) is 9.21. The van der Waals surface area contributed by atoms with Crippen molar-refractivity contribution in [3.8, 4) is 0 Å². The molecule has 0 saturated carbocycles. The van der Waals surface area contributed by atoms with E-state index in [0.29, 0.717) is 12.8 Å². The fourth-order valence-corrected chi connectivity index (χ4v) is 3.81. The predicted molar refractivity (Wildman–Crippen MR) is 72.3 cm³/mol. The predicted octanol–water partition coefficient (Wildman–Crippen LogP) is 2.56. The first-order valence-corrected chi connectivity index (χ1v) is 7.53. The molecular weight excluding hydrogens is 258 g/mol. The Bertz CT molecular complexity index is 420. The third kappa shape index (κ3) is 2.53. The fraction of sp³-hybridized carbons (Fsp3) is 0.733. The number of allylic oxidation sites excluding steroid dienone is 1. The number of rotatable bonds is 2. The van der Waals surface area contributed by atoms with Gasteiger partial charge in [0.25, 0.3) is 0 Å². The number of hydrogen-bond acceptors (Lipinski definition) is 3. The number of nitrogens with zero attached hydrogens (tertiary/aromatic N) is 1. The molecule has 1 amide bonds. The van der Waals surface area contributed by atoms with Crippen LogP contribution in [0.25, 0.3) is 0 Å². The van der Waals surface area contributed by atoms with Crippen LogP contribution in [0, 0.1) is 5.92 Å². The van der Waals surface area contributed by atoms with Gasteiger partial charge < -0.3 is 14.7 Å². The summed E-state index contributed by atoms with van der Waals surface area (Å²) in [6, 6.07) is 0.0106. The van der Waals surface area contributed by atoms with Gasteiger partial charge >= 0.3 is 12.1 Å². The van der Waals surface area contributed by atoms with Gasteiger partial charge in [-0.05, 0) is 51.0 Å². The van der Waals surface area contributed by atoms with E-state index in [1.165, 1.54) is 0 Å². The Morgan fingerprint density at radius 3 is 2.40 bits per heavy atom. The van der Waals surface area contributed by atoms with E-state index >= 15 is 0 Å². The zero-order chi connectivity index (χ0) is 14.1. The first-order chi connectivity index (χ1) is 9.65. The maximum atomic E-state index is 12.2. The standard InChI is InChI=1S/C15H21NO4/c17-14(20-13-4-2-1-3-5-13)10-8-11-6-7-12(9-10)16(11)15(18)19/h2,4,10-13H,1,3,5-9H2,(H,18,19). The van der Waals surface area contributed by atoms with Crippen LogP contribution in [-0.4, -0.2) is 40.3 Å². The summed E-state index contributed by atoms with van der Waals surface area (Å²) in [4.78, 5) is 25.0. The Hall–Kier alpha value is -1.52. The molecule has 0 aromatic rings. The summed E-state index contributed by atoms with van der Waals surface area (Å²) in [5.41, 5.74) is 0. The smallest absolute Gasteiger partial charge is 0.407 e. The van der Waals surface area contributed by atoms with Crippen LogP contribution in [0.5, 0.6) is 0 Å². The normalized spacial score (nSPS) is 35.9. The molecule has 3 atom stereocenters. The molecule has 0 aromatic heterocycles. The second kappa shape index (κ2) is 5.46. The molecule has 3 unspecified atom stereocenters. The number of piperidine rings is 1. The Kier molecular flexibility index (Phi) is 3.68. The lowest BCUT2D eigenvalue weighted by molar-refractivity contribution is -0.154. The van der Waals surface area contributed by atoms with Crippen LogP contribution in [0.15, 0.2) is 12.2 Å². The third-order valence-electron chi connectivity index (χ3n) is 4.76. The van der Waals surface area contributed by atoms with Crippen molar-refractivity contribution in [1.82, 2.24) is 4.90 Å². The lowest BCUT2D eigenvalue weighted by Gasteiger charge is -2.36. The van der Waals surface area contributed by atoms with Gasteiger partial charge in [0.2, 0.25) is 0 Å². The SMILES string of the molecule is O=C(OC1C=CCCC1)C1CC2CCC(C1)N2C(=O)O. The van der Waals surface area contributed by atoms with Crippen LogP contribution in [0.2, 0.25) is 0 Å². The number of carboxylic acid groups (broad SMARTS) is 1. The molecule has 110 valence electrons. The van der Waals surface area contributed by atoms with Gasteiger partial charge in [-0.25, -0.2) is 4.79 Å². The quantitative estimate of drug-likeness (QED) is 0.623. The number of esters is 1. The molecule has 5 nitrogen and oxygen atoms in total. The largest absolute Gasteiger partial charge is 0.465 e. The van der Waals surface area contributed by atoms with E-state index in [9.17, 15) is 14.7 Å². The van der Waals surface area contributed by atoms with Crippen LogP contribution in [0.4, 0.5) is 4.79 Å². The lowest BCUT2D eigenvalue weighted by atomic mass is 9.91. The summed E-state index contributed by atoms with van der Waals surface area (Å²) in [5.74, 6) is -0.262. The molecule has 0 aromatic carbocycles. The average Bonchev–Trinajstić information content (AvgIpc) is 2.71. The molecule has 0 spiro atoms. The van der Waals surface area contributed by atoms with Gasteiger partial charge in [0, 0.05) is 12.1 Å². The Morgan fingerprint density at radius 2 is 1.85 bits per heavy atom. The van der Waals surface area contributed by atoms with E-state index < -0.39 is 6.09 Å². The van der Waals surface area contributed by atoms with Crippen molar-refractivity contribution < 1.29 is 19.4 Å². The van der Waals surface area contributed by atoms with E-state index in [1.54, 1.807) is 4.90 Å². The minimum Gasteiger partial charge on any atom is -0.465 e. The number of carbonyl (C=O) groups excluding carboxylic acids is 1. The Labute approximate surface area is 118 Å². The highest BCUT2D eigenvalue weighted by Gasteiger charge is 2.45. The molecular formula is C15H21NO4. The van der Waals surface area contributed by atoms with Crippen molar-refractivity contribution >= 4 is 12.1 Å². The van der Waals surface area contributed by atoms with Gasteiger partial charge in [-0.2, -0.15) is 0 Å². The van der Waals surface area contributed by atoms with Crippen molar-refractivity contribution in [2.45, 2.75) is 63.1 Å². The minimum absolute atomic E-state index is 0.00528. The highest BCUT2D eigenvalue weighted by atomic mass is 16.5. The fourth-order valence-electron chi connectivity index (χ4n) is 3.81. The van der Waals surface area contributed by atoms with Gasteiger partial charge in [0.15, 0.2) is 0 Å². The topological polar surface area (TPSA) is 66.8 Å². The van der Waals surface area contributed by atoms with Gasteiger partial charge in [0.1, 0.15) is 6.10 Å². The lowest BCUT2D eigenvalue weighted by Crippen LogP contribution is -2.47. The van der Waals surface area contributed by atoms with Gasteiger partial charge in [-0.3, -0.25) is 4.79 Å². The molecule has 1 aliphatic carbocycles. The van der Waals surface area contributed by atoms with Crippen molar-refractivity contribution in [2.24, 2.45) is 5.92 Å². The van der Waals surface area contributed by atoms with Crippen LogP contribution in [0.3, 0.4) is 0 Å². The number of hydrogen-bond donors (Lipinski definition) is 1. The second-order valence-electron chi connectivity index (χ2n) is 6.08. The molecule has 2 fully saturated rings. The number of ether oxygens (including phenoxy) is 1. The average molecular weight is 279 g/mol. The van der Waals surface area contributed by atoms with Crippen molar-refractivity contribution in [1.29, 1.82) is 0 Å². The first-order valence-electron chi connectivity index (χ1n) is 7.53. The summed E-state index contributed by atoms with van der Waals surface area (Å²) < 4.78 is 5.56. The molecule has 2 saturated heterocycles. The van der Waals surface area contributed by atoms with E-state index in [4.69, 9.17) is 4.74 Å². The van der Waals surface area contributed by atoms with Crippen molar-refractivity contribution in [3.05, 3.63) is 12.2 Å². The molecule has 20 heavy (non-hydrogen) atoms. The summed E-state index contributed by atoms with van der Waals surface area (Å²) in [6.45, 7) is 0. The molecule has 1 N–H and O–H groups in total. The summed E-state index contributed by atoms with van der Waals surface area (Å²) in [6.07, 6.45) is 9.16. The monoisotopic (exact) mass is 279 g/mol. The Morgan fingerprint density at radius 1 is 1.15 bits per heavy atom. The van der Waals surface area contributed by atoms with Crippen LogP contribution >= 0.6 is 0 Å². The van der Waals surface area contributed by atoms with Crippen LogP contribution < -0.4 is 0 Å². The van der Waals surface area contributed by atoms with Gasteiger partial charge in [-0.1, -0.05) is 6.08 Å². The van der Waals surface area contributed by atoms with Crippen molar-refractivity contribution in [3.63, 3.8) is 0 Å². The number of amides is 1. The molecule has 2 bridgehead atoms. The highest BCUT2D eigenvalue weighted by molar-refractivity contribution is 5.74. The molecule has 3 rings (SSSR count). The van der Waals surface area contributed by atoms with E-state index in [2.05, 4.69) is 6.08 Å². The van der Waals surface area contributed by atoms with E-state index in [1.807, 2.05) is 6.08 Å². The van der Waals surface area contributed by atoms with E-state index in [0.717, 1.165) is 32.1 Å². The van der Waals surface area contributed by atoms with E-state index in [-0.39, 0.29) is 30.1 Å². The Balaban J connectivity index is 1.59. The maximum Gasteiger partial charge on any atom is 0.407 e. The zero-order valence-corrected chi connectivity index (χ0v) is 11.5. The zero-order valence-electron chi connectivity index (χ0n) is 11.5. The van der Waals surface area contributed by atoms with Crippen molar-refractivity contribution in [2.75, 3.05) is 0 Å². The van der Waals surface area contributed by atoms with Crippen LogP contribution in [-0.2, 0) is 9.53 Å². The molecule has 2 aliphatic heterocycles. The maximum absolute atomic E-state index is 12.2. The highest BCUT2D eigenvalue weighted by Crippen LogP contribution is 2.39. The second-order valence-corrected chi connectivity index (χ2v) is 6.08. The third-order valence-corrected chi connectivity index (χ3v) is 4.76.